The van der Waals surface area contributed by atoms with Crippen molar-refractivity contribution in [1.29, 1.82) is 0 Å². The zero-order valence-corrected chi connectivity index (χ0v) is 16.7. The molecule has 1 aliphatic rings. The Labute approximate surface area is 156 Å². The summed E-state index contributed by atoms with van der Waals surface area (Å²) in [7, 11) is -3.15. The number of aliphatic imine (C=N–C) groups is 1. The standard InChI is InChI=1S/C16H25N3O2S.HI/c1-14-7-10-19(11-8-14)16(17)18-9-12-22(20,21)13-15-5-3-2-4-6-15;/h2-6,14H,7-13H2,1H3,(H2,17,18);1H. The monoisotopic (exact) mass is 451 g/mol. The van der Waals surface area contributed by atoms with Crippen molar-refractivity contribution in [2.75, 3.05) is 25.4 Å². The second kappa shape index (κ2) is 9.46. The molecule has 130 valence electrons. The molecule has 0 amide bonds. The third-order valence-corrected chi connectivity index (χ3v) is 5.59. The first-order chi connectivity index (χ1) is 10.5. The second-order valence-corrected chi connectivity index (χ2v) is 8.17. The zero-order valence-electron chi connectivity index (χ0n) is 13.5. The molecule has 23 heavy (non-hydrogen) atoms. The maximum Gasteiger partial charge on any atom is 0.191 e. The van der Waals surface area contributed by atoms with Crippen molar-refractivity contribution in [1.82, 2.24) is 4.90 Å². The Morgan fingerprint density at radius 2 is 1.87 bits per heavy atom. The fraction of sp³-hybridized carbons (Fsp3) is 0.562. The molecule has 1 heterocycles. The first kappa shape index (κ1) is 20.2. The van der Waals surface area contributed by atoms with Gasteiger partial charge in [0, 0.05) is 13.1 Å². The van der Waals surface area contributed by atoms with Crippen LogP contribution in [0.15, 0.2) is 35.3 Å². The number of rotatable bonds is 5. The van der Waals surface area contributed by atoms with Crippen LogP contribution in [0.3, 0.4) is 0 Å². The number of likely N-dealkylation sites (tertiary alicyclic amines) is 1. The number of hydrogen-bond donors (Lipinski definition) is 1. The number of halogens is 1. The average molecular weight is 451 g/mol. The van der Waals surface area contributed by atoms with E-state index in [2.05, 4.69) is 11.9 Å². The molecule has 0 spiro atoms. The molecule has 2 N–H and O–H groups in total. The summed E-state index contributed by atoms with van der Waals surface area (Å²) in [5, 5.41) is 0. The van der Waals surface area contributed by atoms with E-state index in [-0.39, 0.29) is 42.0 Å². The molecule has 0 radical (unpaired) electrons. The van der Waals surface area contributed by atoms with Crippen molar-refractivity contribution in [3.63, 3.8) is 0 Å². The van der Waals surface area contributed by atoms with Crippen molar-refractivity contribution in [3.05, 3.63) is 35.9 Å². The summed E-state index contributed by atoms with van der Waals surface area (Å²) >= 11 is 0. The molecule has 1 aliphatic heterocycles. The summed E-state index contributed by atoms with van der Waals surface area (Å²) < 4.78 is 24.2. The summed E-state index contributed by atoms with van der Waals surface area (Å²) in [6, 6.07) is 9.21. The molecule has 7 heteroatoms. The Bertz CT molecular complexity index is 597. The van der Waals surface area contributed by atoms with Crippen LogP contribution in [0.5, 0.6) is 0 Å². The van der Waals surface area contributed by atoms with Crippen molar-refractivity contribution >= 4 is 39.8 Å². The highest BCUT2D eigenvalue weighted by Gasteiger charge is 2.17. The lowest BCUT2D eigenvalue weighted by Gasteiger charge is -2.31. The Hall–Kier alpha value is -0.830. The van der Waals surface area contributed by atoms with Crippen LogP contribution in [-0.2, 0) is 15.6 Å². The van der Waals surface area contributed by atoms with Crippen LogP contribution < -0.4 is 5.73 Å². The van der Waals surface area contributed by atoms with Gasteiger partial charge in [0.25, 0.3) is 0 Å². The molecule has 0 atom stereocenters. The lowest BCUT2D eigenvalue weighted by Crippen LogP contribution is -2.42. The number of hydrogen-bond acceptors (Lipinski definition) is 3. The molecular weight excluding hydrogens is 425 g/mol. The highest BCUT2D eigenvalue weighted by molar-refractivity contribution is 14.0. The van der Waals surface area contributed by atoms with Gasteiger partial charge in [-0.1, -0.05) is 37.3 Å². The number of nitrogens with two attached hydrogens (primary N) is 1. The van der Waals surface area contributed by atoms with E-state index in [0.717, 1.165) is 37.4 Å². The van der Waals surface area contributed by atoms with Crippen LogP contribution in [0.4, 0.5) is 0 Å². The molecule has 0 bridgehead atoms. The molecule has 0 aromatic heterocycles. The van der Waals surface area contributed by atoms with E-state index >= 15 is 0 Å². The SMILES string of the molecule is CC1CCN(C(N)=NCCS(=O)(=O)Cc2ccccc2)CC1.I. The van der Waals surface area contributed by atoms with Crippen molar-refractivity contribution in [2.24, 2.45) is 16.6 Å². The highest BCUT2D eigenvalue weighted by Crippen LogP contribution is 2.15. The Balaban J connectivity index is 0.00000264. The van der Waals surface area contributed by atoms with Gasteiger partial charge in [-0.15, -0.1) is 24.0 Å². The van der Waals surface area contributed by atoms with Gasteiger partial charge in [0.1, 0.15) is 0 Å². The average Bonchev–Trinajstić information content (AvgIpc) is 2.48. The van der Waals surface area contributed by atoms with E-state index in [0.29, 0.717) is 5.96 Å². The van der Waals surface area contributed by atoms with Gasteiger partial charge in [0.15, 0.2) is 15.8 Å². The number of piperidine rings is 1. The second-order valence-electron chi connectivity index (χ2n) is 5.99. The predicted octanol–water partition coefficient (Wildman–Crippen LogP) is 2.27. The predicted molar refractivity (Wildman–Crippen MR) is 106 cm³/mol. The molecule has 0 unspecified atom stereocenters. The minimum absolute atomic E-state index is 0. The number of sulfone groups is 1. The molecule has 0 saturated carbocycles. The molecule has 2 rings (SSSR count). The third-order valence-electron chi connectivity index (χ3n) is 4.01. The van der Waals surface area contributed by atoms with Gasteiger partial charge < -0.3 is 10.6 Å². The highest BCUT2D eigenvalue weighted by atomic mass is 127. The van der Waals surface area contributed by atoms with E-state index in [1.807, 2.05) is 35.2 Å². The molecule has 1 saturated heterocycles. The van der Waals surface area contributed by atoms with Gasteiger partial charge in [0.2, 0.25) is 0 Å². The quantitative estimate of drug-likeness (QED) is 0.424. The van der Waals surface area contributed by atoms with Crippen LogP contribution in [0.1, 0.15) is 25.3 Å². The zero-order chi connectivity index (χ0) is 16.0. The Morgan fingerprint density at radius 3 is 2.48 bits per heavy atom. The van der Waals surface area contributed by atoms with Crippen molar-refractivity contribution in [2.45, 2.75) is 25.5 Å². The van der Waals surface area contributed by atoms with E-state index in [1.54, 1.807) is 0 Å². The molecule has 1 aromatic carbocycles. The molecule has 0 aliphatic carbocycles. The normalized spacial score (nSPS) is 16.9. The lowest BCUT2D eigenvalue weighted by atomic mass is 10.00. The number of nitrogens with zero attached hydrogens (tertiary/aromatic N) is 2. The largest absolute Gasteiger partial charge is 0.370 e. The van der Waals surface area contributed by atoms with Gasteiger partial charge in [-0.2, -0.15) is 0 Å². The number of guanidine groups is 1. The van der Waals surface area contributed by atoms with Gasteiger partial charge in [0.05, 0.1) is 18.1 Å². The van der Waals surface area contributed by atoms with Crippen LogP contribution >= 0.6 is 24.0 Å². The fourth-order valence-electron chi connectivity index (χ4n) is 2.54. The Kier molecular flexibility index (Phi) is 8.32. The number of benzene rings is 1. The van der Waals surface area contributed by atoms with Gasteiger partial charge in [-0.05, 0) is 24.3 Å². The summed E-state index contributed by atoms with van der Waals surface area (Å²) in [4.78, 5) is 6.29. The molecule has 5 nitrogen and oxygen atoms in total. The van der Waals surface area contributed by atoms with Crippen LogP contribution in [0.2, 0.25) is 0 Å². The maximum atomic E-state index is 12.1. The molecule has 1 aromatic rings. The van der Waals surface area contributed by atoms with Crippen LogP contribution in [0.25, 0.3) is 0 Å². The van der Waals surface area contributed by atoms with Crippen molar-refractivity contribution in [3.8, 4) is 0 Å². The summed E-state index contributed by atoms with van der Waals surface area (Å²) in [5.41, 5.74) is 6.77. The van der Waals surface area contributed by atoms with E-state index in [4.69, 9.17) is 5.73 Å². The third kappa shape index (κ3) is 7.07. The van der Waals surface area contributed by atoms with E-state index in [9.17, 15) is 8.42 Å². The minimum atomic E-state index is -3.15. The first-order valence-electron chi connectivity index (χ1n) is 7.75. The maximum absolute atomic E-state index is 12.1. The smallest absolute Gasteiger partial charge is 0.191 e. The summed E-state index contributed by atoms with van der Waals surface area (Å²) in [6.07, 6.45) is 2.23. The van der Waals surface area contributed by atoms with Gasteiger partial charge in [-0.3, -0.25) is 4.99 Å². The minimum Gasteiger partial charge on any atom is -0.370 e. The van der Waals surface area contributed by atoms with Crippen LogP contribution in [0, 0.1) is 5.92 Å². The van der Waals surface area contributed by atoms with E-state index in [1.165, 1.54) is 0 Å². The van der Waals surface area contributed by atoms with E-state index < -0.39 is 9.84 Å². The van der Waals surface area contributed by atoms with Crippen molar-refractivity contribution < 1.29 is 8.42 Å². The summed E-state index contributed by atoms with van der Waals surface area (Å²) in [5.74, 6) is 1.30. The molecule has 1 fully saturated rings. The first-order valence-corrected chi connectivity index (χ1v) is 9.57. The van der Waals surface area contributed by atoms with Crippen LogP contribution in [-0.4, -0.2) is 44.7 Å². The Morgan fingerprint density at radius 1 is 1.26 bits per heavy atom. The fourth-order valence-corrected chi connectivity index (χ4v) is 3.75. The topological polar surface area (TPSA) is 75.8 Å². The summed E-state index contributed by atoms with van der Waals surface area (Å²) in [6.45, 7) is 4.29. The van der Waals surface area contributed by atoms with Gasteiger partial charge in [-0.25, -0.2) is 8.42 Å². The lowest BCUT2D eigenvalue weighted by molar-refractivity contribution is 0.278. The van der Waals surface area contributed by atoms with Gasteiger partial charge >= 0.3 is 0 Å². The molecular formula is C16H26IN3O2S.